The molecule has 152 valence electrons. The Morgan fingerprint density at radius 1 is 1.24 bits per heavy atom. The average Bonchev–Trinajstić information content (AvgIpc) is 3.19. The highest BCUT2D eigenvalue weighted by Gasteiger charge is 2.25. The van der Waals surface area contributed by atoms with Crippen LogP contribution in [0.1, 0.15) is 17.5 Å². The van der Waals surface area contributed by atoms with Crippen molar-refractivity contribution in [2.75, 3.05) is 26.3 Å². The Bertz CT molecular complexity index is 833. The van der Waals surface area contributed by atoms with Gasteiger partial charge in [-0.3, -0.25) is 4.90 Å². The zero-order valence-corrected chi connectivity index (χ0v) is 16.2. The predicted molar refractivity (Wildman–Crippen MR) is 110 cm³/mol. The number of hydrogen-bond acceptors (Lipinski definition) is 5. The lowest BCUT2D eigenvalue weighted by Gasteiger charge is -2.27. The zero-order valence-electron chi connectivity index (χ0n) is 16.2. The Morgan fingerprint density at radius 2 is 2.00 bits per heavy atom. The number of aliphatic hydroxyl groups is 1. The third-order valence-electron chi connectivity index (χ3n) is 4.59. The van der Waals surface area contributed by atoms with E-state index in [1.54, 1.807) is 12.1 Å². The summed E-state index contributed by atoms with van der Waals surface area (Å²) in [6.45, 7) is 1.81. The molecule has 2 aromatic rings. The van der Waals surface area contributed by atoms with Crippen molar-refractivity contribution >= 4 is 5.71 Å². The first-order valence-electron chi connectivity index (χ1n) is 9.58. The summed E-state index contributed by atoms with van der Waals surface area (Å²) in [7, 11) is 0. The number of hydrogen-bond donors (Lipinski definition) is 1. The van der Waals surface area contributed by atoms with Crippen LogP contribution in [0.3, 0.4) is 0 Å². The third kappa shape index (κ3) is 6.68. The summed E-state index contributed by atoms with van der Waals surface area (Å²) >= 11 is 0. The van der Waals surface area contributed by atoms with Crippen molar-refractivity contribution < 1.29 is 19.1 Å². The van der Waals surface area contributed by atoms with Gasteiger partial charge in [0.1, 0.15) is 18.5 Å². The van der Waals surface area contributed by atoms with Crippen LogP contribution in [-0.2, 0) is 16.1 Å². The summed E-state index contributed by atoms with van der Waals surface area (Å²) < 4.78 is 18.5. The maximum atomic E-state index is 13.2. The Labute approximate surface area is 170 Å². The van der Waals surface area contributed by atoms with Crippen LogP contribution in [0, 0.1) is 18.2 Å². The highest BCUT2D eigenvalue weighted by Crippen LogP contribution is 2.19. The Hall–Kier alpha value is -2.72. The highest BCUT2D eigenvalue weighted by molar-refractivity contribution is 6.01. The molecule has 29 heavy (non-hydrogen) atoms. The van der Waals surface area contributed by atoms with Gasteiger partial charge in [-0.2, -0.15) is 0 Å². The molecule has 1 aliphatic heterocycles. The lowest BCUT2D eigenvalue weighted by atomic mass is 10.0. The van der Waals surface area contributed by atoms with E-state index in [1.807, 2.05) is 30.3 Å². The van der Waals surface area contributed by atoms with Crippen molar-refractivity contribution in [1.82, 2.24) is 4.90 Å². The molecular weight excluding hydrogens is 371 g/mol. The fraction of sp³-hybridized carbons (Fsp3) is 0.348. The number of nitrogens with zero attached hydrogens (tertiary/aromatic N) is 2. The first kappa shape index (κ1) is 21.0. The van der Waals surface area contributed by atoms with Crippen molar-refractivity contribution in [3.63, 3.8) is 0 Å². The Balaban J connectivity index is 1.60. The molecule has 0 bridgehead atoms. The summed E-state index contributed by atoms with van der Waals surface area (Å²) in [5, 5.41) is 14.5. The number of ether oxygens (including phenoxy) is 1. The van der Waals surface area contributed by atoms with Crippen molar-refractivity contribution in [2.45, 2.75) is 25.2 Å². The third-order valence-corrected chi connectivity index (χ3v) is 4.59. The summed E-state index contributed by atoms with van der Waals surface area (Å²) in [5.74, 6) is 2.11. The molecule has 0 fully saturated rings. The first-order valence-corrected chi connectivity index (χ1v) is 9.58. The van der Waals surface area contributed by atoms with Crippen LogP contribution < -0.4 is 0 Å². The molecule has 2 atom stereocenters. The number of benzene rings is 2. The molecule has 1 heterocycles. The molecule has 0 radical (unpaired) electrons. The standard InChI is InChI=1S/C23H25FN2O3/c1-2-12-28-17-21(27)15-26(14-18-8-10-20(24)11-9-18)16-22-13-23(25-29-22)19-6-4-3-5-7-19/h1,3-11,21-22,27H,12-17H2/t21-,22-/m1/s1. The smallest absolute Gasteiger partial charge is 0.145 e. The van der Waals surface area contributed by atoms with E-state index in [4.69, 9.17) is 16.0 Å². The van der Waals surface area contributed by atoms with Crippen LogP contribution in [0.5, 0.6) is 0 Å². The van der Waals surface area contributed by atoms with Gasteiger partial charge in [0.25, 0.3) is 0 Å². The van der Waals surface area contributed by atoms with Gasteiger partial charge in [0.2, 0.25) is 0 Å². The van der Waals surface area contributed by atoms with Crippen LogP contribution in [-0.4, -0.2) is 54.2 Å². The van der Waals surface area contributed by atoms with Crippen molar-refractivity contribution in [2.24, 2.45) is 5.16 Å². The molecule has 0 aliphatic carbocycles. The molecular formula is C23H25FN2O3. The molecule has 1 aliphatic rings. The fourth-order valence-electron chi connectivity index (χ4n) is 3.27. The van der Waals surface area contributed by atoms with Gasteiger partial charge in [0, 0.05) is 26.1 Å². The maximum absolute atomic E-state index is 13.2. The van der Waals surface area contributed by atoms with Gasteiger partial charge in [-0.25, -0.2) is 4.39 Å². The molecule has 0 unspecified atom stereocenters. The van der Waals surface area contributed by atoms with E-state index < -0.39 is 6.10 Å². The predicted octanol–water partition coefficient (Wildman–Crippen LogP) is 2.83. The van der Waals surface area contributed by atoms with Gasteiger partial charge in [-0.15, -0.1) is 6.42 Å². The SMILES string of the molecule is C#CCOC[C@H](O)CN(Cc1ccc(F)cc1)C[C@H]1CC(c2ccccc2)=NO1. The van der Waals surface area contributed by atoms with Gasteiger partial charge in [0.05, 0.1) is 18.4 Å². The van der Waals surface area contributed by atoms with Crippen LogP contribution >= 0.6 is 0 Å². The number of terminal acetylenes is 1. The number of aliphatic hydroxyl groups excluding tert-OH is 1. The second-order valence-corrected chi connectivity index (χ2v) is 7.03. The molecule has 0 aromatic heterocycles. The van der Waals surface area contributed by atoms with Gasteiger partial charge in [0.15, 0.2) is 0 Å². The topological polar surface area (TPSA) is 54.3 Å². The summed E-state index contributed by atoms with van der Waals surface area (Å²) in [4.78, 5) is 7.70. The molecule has 0 saturated carbocycles. The molecule has 0 saturated heterocycles. The zero-order chi connectivity index (χ0) is 20.5. The maximum Gasteiger partial charge on any atom is 0.145 e. The number of oxime groups is 1. The van der Waals surface area contributed by atoms with E-state index in [1.165, 1.54) is 12.1 Å². The average molecular weight is 396 g/mol. The van der Waals surface area contributed by atoms with Crippen LogP contribution in [0.25, 0.3) is 0 Å². The molecule has 1 N–H and O–H groups in total. The quantitative estimate of drug-likeness (QED) is 0.496. The van der Waals surface area contributed by atoms with Crippen molar-refractivity contribution in [3.05, 3.63) is 71.5 Å². The monoisotopic (exact) mass is 396 g/mol. The van der Waals surface area contributed by atoms with Crippen LogP contribution in [0.4, 0.5) is 4.39 Å². The first-order chi connectivity index (χ1) is 14.1. The molecule has 2 aromatic carbocycles. The minimum Gasteiger partial charge on any atom is -0.390 e. The lowest BCUT2D eigenvalue weighted by molar-refractivity contribution is 0.00418. The number of rotatable bonds is 10. The molecule has 0 amide bonds. The van der Waals surface area contributed by atoms with E-state index in [0.717, 1.165) is 16.8 Å². The van der Waals surface area contributed by atoms with Crippen molar-refractivity contribution in [3.8, 4) is 12.3 Å². The van der Waals surface area contributed by atoms with E-state index >= 15 is 0 Å². The van der Waals surface area contributed by atoms with E-state index in [9.17, 15) is 9.50 Å². The molecule has 3 rings (SSSR count). The summed E-state index contributed by atoms with van der Waals surface area (Å²) in [5.41, 5.74) is 2.91. The van der Waals surface area contributed by atoms with Crippen LogP contribution in [0.15, 0.2) is 59.8 Å². The van der Waals surface area contributed by atoms with Crippen molar-refractivity contribution in [1.29, 1.82) is 0 Å². The fourth-order valence-corrected chi connectivity index (χ4v) is 3.27. The molecule has 6 heteroatoms. The van der Waals surface area contributed by atoms with E-state index in [0.29, 0.717) is 26.1 Å². The number of halogens is 1. The van der Waals surface area contributed by atoms with Gasteiger partial charge in [-0.1, -0.05) is 53.5 Å². The Kier molecular flexibility index (Phi) is 7.77. The second-order valence-electron chi connectivity index (χ2n) is 7.03. The largest absolute Gasteiger partial charge is 0.390 e. The minimum absolute atomic E-state index is 0.121. The lowest BCUT2D eigenvalue weighted by Crippen LogP contribution is -2.39. The van der Waals surface area contributed by atoms with Gasteiger partial charge < -0.3 is 14.7 Å². The normalized spacial score (nSPS) is 16.9. The van der Waals surface area contributed by atoms with E-state index in [2.05, 4.69) is 16.0 Å². The second kappa shape index (κ2) is 10.7. The van der Waals surface area contributed by atoms with E-state index in [-0.39, 0.29) is 25.1 Å². The van der Waals surface area contributed by atoms with Gasteiger partial charge >= 0.3 is 0 Å². The minimum atomic E-state index is -0.695. The summed E-state index contributed by atoms with van der Waals surface area (Å²) in [6, 6.07) is 16.3. The Morgan fingerprint density at radius 3 is 2.72 bits per heavy atom. The van der Waals surface area contributed by atoms with Crippen LogP contribution in [0.2, 0.25) is 0 Å². The summed E-state index contributed by atoms with van der Waals surface area (Å²) in [6.07, 6.45) is 5.05. The highest BCUT2D eigenvalue weighted by atomic mass is 19.1. The van der Waals surface area contributed by atoms with Gasteiger partial charge in [-0.05, 0) is 23.3 Å². The molecule has 0 spiro atoms. The molecule has 5 nitrogen and oxygen atoms in total.